The van der Waals surface area contributed by atoms with Gasteiger partial charge < -0.3 is 4.74 Å². The zero-order chi connectivity index (χ0) is 16.4. The molecule has 0 amide bonds. The SMILES string of the molecule is COc1c(-c2ccccn2)cc(-c2ccccn2)c2cccnc12. The van der Waals surface area contributed by atoms with Crippen LogP contribution in [0.15, 0.2) is 73.2 Å². The van der Waals surface area contributed by atoms with Gasteiger partial charge in [-0.05, 0) is 36.4 Å². The fraction of sp³-hybridized carbons (Fsp3) is 0.0500. The molecule has 0 radical (unpaired) electrons. The molecular weight excluding hydrogens is 298 g/mol. The summed E-state index contributed by atoms with van der Waals surface area (Å²) in [4.78, 5) is 13.5. The Morgan fingerprint density at radius 3 is 2.00 bits per heavy atom. The van der Waals surface area contributed by atoms with Gasteiger partial charge in [0.1, 0.15) is 5.52 Å². The van der Waals surface area contributed by atoms with Crippen LogP contribution in [0, 0.1) is 0 Å². The van der Waals surface area contributed by atoms with Crippen LogP contribution in [-0.2, 0) is 0 Å². The lowest BCUT2D eigenvalue weighted by atomic mass is 9.98. The van der Waals surface area contributed by atoms with E-state index in [4.69, 9.17) is 4.74 Å². The fourth-order valence-electron chi connectivity index (χ4n) is 2.87. The number of nitrogens with zero attached hydrogens (tertiary/aromatic N) is 3. The molecule has 0 aliphatic rings. The average Bonchev–Trinajstić information content (AvgIpc) is 2.68. The van der Waals surface area contributed by atoms with Crippen molar-refractivity contribution in [2.75, 3.05) is 7.11 Å². The lowest BCUT2D eigenvalue weighted by Gasteiger charge is -2.14. The zero-order valence-corrected chi connectivity index (χ0v) is 13.2. The van der Waals surface area contributed by atoms with Crippen molar-refractivity contribution in [2.45, 2.75) is 0 Å². The van der Waals surface area contributed by atoms with Crippen LogP contribution < -0.4 is 4.74 Å². The smallest absolute Gasteiger partial charge is 0.154 e. The molecule has 0 saturated carbocycles. The second-order valence-electron chi connectivity index (χ2n) is 5.33. The molecule has 0 saturated heterocycles. The number of hydrogen-bond acceptors (Lipinski definition) is 4. The predicted molar refractivity (Wildman–Crippen MR) is 94.8 cm³/mol. The first-order chi connectivity index (χ1) is 11.9. The van der Waals surface area contributed by atoms with Gasteiger partial charge in [-0.15, -0.1) is 0 Å². The third kappa shape index (κ3) is 2.38. The van der Waals surface area contributed by atoms with E-state index in [1.165, 1.54) is 0 Å². The van der Waals surface area contributed by atoms with Gasteiger partial charge in [-0.1, -0.05) is 18.2 Å². The molecule has 0 N–H and O–H groups in total. The Morgan fingerprint density at radius 1 is 0.708 bits per heavy atom. The van der Waals surface area contributed by atoms with Gasteiger partial charge in [0.2, 0.25) is 0 Å². The molecule has 0 spiro atoms. The summed E-state index contributed by atoms with van der Waals surface area (Å²) in [7, 11) is 1.66. The maximum atomic E-state index is 5.68. The Labute approximate surface area is 139 Å². The number of aromatic nitrogens is 3. The molecule has 1 aromatic carbocycles. The van der Waals surface area contributed by atoms with Gasteiger partial charge >= 0.3 is 0 Å². The Balaban J connectivity index is 2.10. The van der Waals surface area contributed by atoms with E-state index in [0.717, 1.165) is 39.2 Å². The van der Waals surface area contributed by atoms with Crippen LogP contribution in [0.25, 0.3) is 33.4 Å². The summed E-state index contributed by atoms with van der Waals surface area (Å²) in [5, 5.41) is 1.01. The predicted octanol–water partition coefficient (Wildman–Crippen LogP) is 4.37. The van der Waals surface area contributed by atoms with Crippen LogP contribution in [0.1, 0.15) is 0 Å². The lowest BCUT2D eigenvalue weighted by molar-refractivity contribution is 0.420. The highest BCUT2D eigenvalue weighted by Crippen LogP contribution is 2.40. The third-order valence-electron chi connectivity index (χ3n) is 3.93. The third-order valence-corrected chi connectivity index (χ3v) is 3.93. The summed E-state index contributed by atoms with van der Waals surface area (Å²) in [5.41, 5.74) is 4.48. The summed E-state index contributed by atoms with van der Waals surface area (Å²) < 4.78 is 5.68. The van der Waals surface area contributed by atoms with Gasteiger partial charge in [0.05, 0.1) is 18.5 Å². The molecule has 4 rings (SSSR count). The molecule has 0 unspecified atom stereocenters. The first-order valence-electron chi connectivity index (χ1n) is 7.67. The van der Waals surface area contributed by atoms with Crippen molar-refractivity contribution in [3.63, 3.8) is 0 Å². The van der Waals surface area contributed by atoms with Gasteiger partial charge in [-0.25, -0.2) is 0 Å². The van der Waals surface area contributed by atoms with E-state index in [0.29, 0.717) is 0 Å². The Hall–Kier alpha value is -3.27. The molecule has 116 valence electrons. The van der Waals surface area contributed by atoms with Crippen LogP contribution in [-0.4, -0.2) is 22.1 Å². The molecule has 0 aliphatic heterocycles. The zero-order valence-electron chi connectivity index (χ0n) is 13.2. The highest BCUT2D eigenvalue weighted by atomic mass is 16.5. The molecule has 24 heavy (non-hydrogen) atoms. The number of fused-ring (bicyclic) bond motifs is 1. The number of benzene rings is 1. The minimum Gasteiger partial charge on any atom is -0.494 e. The monoisotopic (exact) mass is 313 g/mol. The van der Waals surface area contributed by atoms with Crippen molar-refractivity contribution in [1.82, 2.24) is 15.0 Å². The standard InChI is InChI=1S/C20H15N3O/c1-24-20-16(18-9-3-5-11-22-18)13-15(17-8-2-4-10-21-17)14-7-6-12-23-19(14)20/h2-13H,1H3. The Bertz CT molecular complexity index is 986. The van der Waals surface area contributed by atoms with Gasteiger partial charge in [-0.3, -0.25) is 15.0 Å². The van der Waals surface area contributed by atoms with Crippen molar-refractivity contribution >= 4 is 10.9 Å². The summed E-state index contributed by atoms with van der Waals surface area (Å²) in [6, 6.07) is 17.8. The van der Waals surface area contributed by atoms with E-state index >= 15 is 0 Å². The normalized spacial score (nSPS) is 10.7. The van der Waals surface area contributed by atoms with Crippen LogP contribution in [0.3, 0.4) is 0 Å². The van der Waals surface area contributed by atoms with Crippen molar-refractivity contribution in [2.24, 2.45) is 0 Å². The summed E-state index contributed by atoms with van der Waals surface area (Å²) in [5.74, 6) is 0.726. The number of ether oxygens (including phenoxy) is 1. The minimum atomic E-state index is 0.726. The maximum Gasteiger partial charge on any atom is 0.154 e. The van der Waals surface area contributed by atoms with E-state index in [9.17, 15) is 0 Å². The van der Waals surface area contributed by atoms with E-state index in [1.807, 2.05) is 48.5 Å². The molecule has 0 bridgehead atoms. The van der Waals surface area contributed by atoms with E-state index in [1.54, 1.807) is 25.7 Å². The van der Waals surface area contributed by atoms with Crippen LogP contribution in [0.5, 0.6) is 5.75 Å². The molecule has 3 heterocycles. The van der Waals surface area contributed by atoms with Gasteiger partial charge in [0.15, 0.2) is 5.75 Å². The molecule has 0 aliphatic carbocycles. The fourth-order valence-corrected chi connectivity index (χ4v) is 2.87. The number of rotatable bonds is 3. The van der Waals surface area contributed by atoms with Crippen LogP contribution in [0.4, 0.5) is 0 Å². The molecule has 4 heteroatoms. The Kier molecular flexibility index (Phi) is 3.63. The quantitative estimate of drug-likeness (QED) is 0.563. The van der Waals surface area contributed by atoms with Crippen LogP contribution in [0.2, 0.25) is 0 Å². The highest BCUT2D eigenvalue weighted by Gasteiger charge is 2.17. The number of pyridine rings is 3. The molecule has 4 nitrogen and oxygen atoms in total. The first-order valence-corrected chi connectivity index (χ1v) is 7.67. The highest BCUT2D eigenvalue weighted by molar-refractivity contribution is 6.01. The van der Waals surface area contributed by atoms with Crippen molar-refractivity contribution in [3.05, 3.63) is 73.2 Å². The lowest BCUT2D eigenvalue weighted by Crippen LogP contribution is -1.96. The summed E-state index contributed by atoms with van der Waals surface area (Å²) >= 11 is 0. The van der Waals surface area contributed by atoms with Crippen molar-refractivity contribution in [3.8, 4) is 28.3 Å². The molecular formula is C20H15N3O. The summed E-state index contributed by atoms with van der Waals surface area (Å²) in [6.45, 7) is 0. The number of methoxy groups -OCH3 is 1. The van der Waals surface area contributed by atoms with E-state index < -0.39 is 0 Å². The molecule has 4 aromatic rings. The van der Waals surface area contributed by atoms with E-state index in [-0.39, 0.29) is 0 Å². The second kappa shape index (κ2) is 6.08. The maximum absolute atomic E-state index is 5.68. The minimum absolute atomic E-state index is 0.726. The largest absolute Gasteiger partial charge is 0.494 e. The molecule has 0 atom stereocenters. The topological polar surface area (TPSA) is 47.9 Å². The van der Waals surface area contributed by atoms with Crippen molar-refractivity contribution in [1.29, 1.82) is 0 Å². The number of hydrogen-bond donors (Lipinski definition) is 0. The van der Waals surface area contributed by atoms with Gasteiger partial charge in [0, 0.05) is 35.1 Å². The molecule has 0 fully saturated rings. The van der Waals surface area contributed by atoms with Gasteiger partial charge in [0.25, 0.3) is 0 Å². The average molecular weight is 313 g/mol. The molecule has 3 aromatic heterocycles. The van der Waals surface area contributed by atoms with Crippen LogP contribution >= 0.6 is 0 Å². The summed E-state index contributed by atoms with van der Waals surface area (Å²) in [6.07, 6.45) is 5.34. The van der Waals surface area contributed by atoms with E-state index in [2.05, 4.69) is 21.0 Å². The second-order valence-corrected chi connectivity index (χ2v) is 5.33. The Morgan fingerprint density at radius 2 is 1.38 bits per heavy atom. The van der Waals surface area contributed by atoms with Crippen molar-refractivity contribution < 1.29 is 4.74 Å². The van der Waals surface area contributed by atoms with Gasteiger partial charge in [-0.2, -0.15) is 0 Å². The first kappa shape index (κ1) is 14.3.